The quantitative estimate of drug-likeness (QED) is 0.786. The molecule has 0 atom stereocenters. The van der Waals surface area contributed by atoms with Gasteiger partial charge in [0.25, 0.3) is 0 Å². The predicted molar refractivity (Wildman–Crippen MR) is 51.3 cm³/mol. The highest BCUT2D eigenvalue weighted by Crippen LogP contribution is 2.32. The first-order valence-electron chi connectivity index (χ1n) is 4.47. The molecular formula is C10H6F4N2O. The van der Waals surface area contributed by atoms with E-state index < -0.39 is 17.6 Å². The molecule has 0 radical (unpaired) electrons. The van der Waals surface area contributed by atoms with Gasteiger partial charge in [-0.05, 0) is 18.2 Å². The van der Waals surface area contributed by atoms with Gasteiger partial charge in [-0.2, -0.15) is 13.2 Å². The van der Waals surface area contributed by atoms with Crippen molar-refractivity contribution in [3.63, 3.8) is 0 Å². The van der Waals surface area contributed by atoms with Gasteiger partial charge in [-0.15, -0.1) is 0 Å². The lowest BCUT2D eigenvalue weighted by Crippen LogP contribution is -2.05. The lowest BCUT2D eigenvalue weighted by atomic mass is 10.1. The molecule has 0 fully saturated rings. The Labute approximate surface area is 92.8 Å². The minimum Gasteiger partial charge on any atom is -0.368 e. The molecule has 0 bridgehead atoms. The molecule has 17 heavy (non-hydrogen) atoms. The van der Waals surface area contributed by atoms with E-state index in [2.05, 4.69) is 9.68 Å². The Hall–Kier alpha value is -2.05. The number of halogens is 4. The van der Waals surface area contributed by atoms with Crippen molar-refractivity contribution >= 4 is 5.88 Å². The molecule has 0 saturated heterocycles. The maximum absolute atomic E-state index is 13.5. The normalized spacial score (nSPS) is 11.8. The molecule has 1 aromatic carbocycles. The van der Waals surface area contributed by atoms with E-state index >= 15 is 0 Å². The Morgan fingerprint density at radius 2 is 1.88 bits per heavy atom. The molecule has 0 spiro atoms. The number of alkyl halides is 3. The van der Waals surface area contributed by atoms with Gasteiger partial charge < -0.3 is 10.3 Å². The summed E-state index contributed by atoms with van der Waals surface area (Å²) >= 11 is 0. The molecule has 0 aliphatic rings. The van der Waals surface area contributed by atoms with Crippen molar-refractivity contribution in [1.82, 2.24) is 5.16 Å². The zero-order valence-corrected chi connectivity index (χ0v) is 8.25. The number of aromatic nitrogens is 1. The Balaban J connectivity index is 2.45. The summed E-state index contributed by atoms with van der Waals surface area (Å²) in [6.07, 6.45) is -4.58. The molecule has 2 rings (SSSR count). The van der Waals surface area contributed by atoms with Crippen molar-refractivity contribution in [2.75, 3.05) is 5.73 Å². The third-order valence-corrected chi connectivity index (χ3v) is 2.10. The summed E-state index contributed by atoms with van der Waals surface area (Å²) in [6.45, 7) is 0. The van der Waals surface area contributed by atoms with Crippen LogP contribution < -0.4 is 5.73 Å². The molecule has 0 saturated carbocycles. The summed E-state index contributed by atoms with van der Waals surface area (Å²) in [5.74, 6) is -1.08. The molecule has 0 unspecified atom stereocenters. The van der Waals surface area contributed by atoms with Crippen LogP contribution in [0.1, 0.15) is 5.56 Å². The Morgan fingerprint density at radius 1 is 1.18 bits per heavy atom. The Morgan fingerprint density at radius 3 is 2.35 bits per heavy atom. The first-order chi connectivity index (χ1) is 7.88. The standard InChI is InChI=1S/C10H6F4N2O/c11-7-3-5(10(12,13)14)1-2-6(7)8-4-9(15)17-16-8/h1-4H,15H2. The van der Waals surface area contributed by atoms with Crippen LogP contribution in [0.3, 0.4) is 0 Å². The Kier molecular flexibility index (Phi) is 2.53. The first-order valence-corrected chi connectivity index (χ1v) is 4.47. The molecule has 1 aromatic heterocycles. The molecule has 2 N–H and O–H groups in total. The van der Waals surface area contributed by atoms with Gasteiger partial charge in [0.05, 0.1) is 5.56 Å². The number of nitrogen functional groups attached to an aromatic ring is 1. The van der Waals surface area contributed by atoms with E-state index in [4.69, 9.17) is 5.73 Å². The van der Waals surface area contributed by atoms with Crippen LogP contribution in [0, 0.1) is 5.82 Å². The second kappa shape index (κ2) is 3.76. The van der Waals surface area contributed by atoms with Crippen LogP contribution in [-0.4, -0.2) is 5.16 Å². The largest absolute Gasteiger partial charge is 0.416 e. The highest BCUT2D eigenvalue weighted by atomic mass is 19.4. The van der Waals surface area contributed by atoms with Crippen LogP contribution in [0.25, 0.3) is 11.3 Å². The average molecular weight is 246 g/mol. The van der Waals surface area contributed by atoms with Gasteiger partial charge in [0.15, 0.2) is 0 Å². The monoisotopic (exact) mass is 246 g/mol. The van der Waals surface area contributed by atoms with E-state index in [9.17, 15) is 17.6 Å². The lowest BCUT2D eigenvalue weighted by Gasteiger charge is -2.07. The molecule has 0 aliphatic carbocycles. The van der Waals surface area contributed by atoms with Gasteiger partial charge >= 0.3 is 6.18 Å². The molecule has 3 nitrogen and oxygen atoms in total. The van der Waals surface area contributed by atoms with Crippen LogP contribution in [0.2, 0.25) is 0 Å². The fourth-order valence-corrected chi connectivity index (χ4v) is 1.32. The lowest BCUT2D eigenvalue weighted by molar-refractivity contribution is -0.137. The fraction of sp³-hybridized carbons (Fsp3) is 0.100. The number of rotatable bonds is 1. The van der Waals surface area contributed by atoms with Crippen LogP contribution >= 0.6 is 0 Å². The van der Waals surface area contributed by atoms with Crippen molar-refractivity contribution in [2.45, 2.75) is 6.18 Å². The summed E-state index contributed by atoms with van der Waals surface area (Å²) in [7, 11) is 0. The van der Waals surface area contributed by atoms with Gasteiger partial charge in [-0.1, -0.05) is 5.16 Å². The van der Waals surface area contributed by atoms with Crippen molar-refractivity contribution in [1.29, 1.82) is 0 Å². The SMILES string of the molecule is Nc1cc(-c2ccc(C(F)(F)F)cc2F)no1. The van der Waals surface area contributed by atoms with Crippen LogP contribution in [0.5, 0.6) is 0 Å². The van der Waals surface area contributed by atoms with Crippen LogP contribution in [0.4, 0.5) is 23.4 Å². The number of nitrogens with two attached hydrogens (primary N) is 1. The summed E-state index contributed by atoms with van der Waals surface area (Å²) in [4.78, 5) is 0. The minimum absolute atomic E-state index is 0.0423. The zero-order chi connectivity index (χ0) is 12.6. The van der Waals surface area contributed by atoms with Gasteiger partial charge in [-0.3, -0.25) is 0 Å². The number of hydrogen-bond donors (Lipinski definition) is 1. The fourth-order valence-electron chi connectivity index (χ4n) is 1.32. The summed E-state index contributed by atoms with van der Waals surface area (Å²) in [5.41, 5.74) is 4.12. The summed E-state index contributed by atoms with van der Waals surface area (Å²) < 4.78 is 54.8. The van der Waals surface area contributed by atoms with Crippen molar-refractivity contribution in [3.8, 4) is 11.3 Å². The molecular weight excluding hydrogens is 240 g/mol. The van der Waals surface area contributed by atoms with Gasteiger partial charge in [-0.25, -0.2) is 4.39 Å². The van der Waals surface area contributed by atoms with Crippen molar-refractivity contribution in [2.24, 2.45) is 0 Å². The smallest absolute Gasteiger partial charge is 0.368 e. The zero-order valence-electron chi connectivity index (χ0n) is 8.25. The second-order valence-electron chi connectivity index (χ2n) is 3.31. The highest BCUT2D eigenvalue weighted by Gasteiger charge is 2.31. The van der Waals surface area contributed by atoms with E-state index in [0.717, 1.165) is 12.1 Å². The molecule has 1 heterocycles. The van der Waals surface area contributed by atoms with E-state index in [-0.39, 0.29) is 17.1 Å². The van der Waals surface area contributed by atoms with E-state index in [1.165, 1.54) is 6.07 Å². The molecule has 0 aliphatic heterocycles. The maximum Gasteiger partial charge on any atom is 0.416 e. The molecule has 7 heteroatoms. The van der Waals surface area contributed by atoms with Gasteiger partial charge in [0, 0.05) is 11.6 Å². The van der Waals surface area contributed by atoms with Crippen molar-refractivity contribution < 1.29 is 22.1 Å². The topological polar surface area (TPSA) is 52.0 Å². The van der Waals surface area contributed by atoms with Gasteiger partial charge in [0.1, 0.15) is 11.5 Å². The maximum atomic E-state index is 13.5. The molecule has 2 aromatic rings. The second-order valence-corrected chi connectivity index (χ2v) is 3.31. The minimum atomic E-state index is -4.58. The first kappa shape index (κ1) is 11.4. The van der Waals surface area contributed by atoms with Gasteiger partial charge in [0.2, 0.25) is 5.88 Å². The molecule has 90 valence electrons. The van der Waals surface area contributed by atoms with E-state index in [1.807, 2.05) is 0 Å². The van der Waals surface area contributed by atoms with E-state index in [0.29, 0.717) is 6.07 Å². The molecule has 0 amide bonds. The number of anilines is 1. The number of hydrogen-bond acceptors (Lipinski definition) is 3. The van der Waals surface area contributed by atoms with Crippen molar-refractivity contribution in [3.05, 3.63) is 35.6 Å². The van der Waals surface area contributed by atoms with Crippen LogP contribution in [-0.2, 0) is 6.18 Å². The van der Waals surface area contributed by atoms with E-state index in [1.54, 1.807) is 0 Å². The third-order valence-electron chi connectivity index (χ3n) is 2.10. The predicted octanol–water partition coefficient (Wildman–Crippen LogP) is 3.08. The third kappa shape index (κ3) is 2.22. The summed E-state index contributed by atoms with van der Waals surface area (Å²) in [6, 6.07) is 3.38. The average Bonchev–Trinajstić information content (AvgIpc) is 2.63. The summed E-state index contributed by atoms with van der Waals surface area (Å²) in [5, 5.41) is 3.42. The highest BCUT2D eigenvalue weighted by molar-refractivity contribution is 5.62. The number of nitrogens with zero attached hydrogens (tertiary/aromatic N) is 1. The number of benzene rings is 1. The van der Waals surface area contributed by atoms with Crippen LogP contribution in [0.15, 0.2) is 28.8 Å². The Bertz CT molecular complexity index is 547.